The molecule has 8 nitrogen and oxygen atoms in total. The first kappa shape index (κ1) is 21.7. The first-order valence-corrected chi connectivity index (χ1v) is 12.3. The minimum Gasteiger partial charge on any atom is -0.492 e. The van der Waals surface area contributed by atoms with Crippen molar-refractivity contribution in [2.75, 3.05) is 44.8 Å². The van der Waals surface area contributed by atoms with Crippen LogP contribution in [0.1, 0.15) is 19.3 Å². The lowest BCUT2D eigenvalue weighted by Gasteiger charge is -2.26. The standard InChI is InChI=1S/C27H29N5O3/c1-2-13-31(14-3-1)15-16-33-22-10-8-21(9-11-22)28-27-29-26-6-4-5-23(32(26)30-27)20-7-12-24-25(19-20)35-18-17-34-24/h4-12,19H,1-3,13-18H2,(H,28,30). The zero-order chi connectivity index (χ0) is 23.5. The normalized spacial score (nSPS) is 15.8. The van der Waals surface area contributed by atoms with E-state index in [9.17, 15) is 0 Å². The van der Waals surface area contributed by atoms with Gasteiger partial charge in [-0.1, -0.05) is 12.5 Å². The highest BCUT2D eigenvalue weighted by atomic mass is 16.6. The van der Waals surface area contributed by atoms with E-state index in [-0.39, 0.29) is 0 Å². The van der Waals surface area contributed by atoms with Crippen LogP contribution >= 0.6 is 0 Å². The summed E-state index contributed by atoms with van der Waals surface area (Å²) >= 11 is 0. The van der Waals surface area contributed by atoms with Crippen molar-refractivity contribution in [1.29, 1.82) is 0 Å². The Morgan fingerprint density at radius 1 is 0.886 bits per heavy atom. The number of fused-ring (bicyclic) bond motifs is 2. The maximum atomic E-state index is 5.94. The summed E-state index contributed by atoms with van der Waals surface area (Å²) in [4.78, 5) is 7.13. The minimum absolute atomic E-state index is 0.536. The van der Waals surface area contributed by atoms with E-state index in [1.165, 1.54) is 32.4 Å². The van der Waals surface area contributed by atoms with Crippen LogP contribution in [-0.4, -0.2) is 59.0 Å². The lowest BCUT2D eigenvalue weighted by Crippen LogP contribution is -2.33. The third-order valence-electron chi connectivity index (χ3n) is 6.43. The summed E-state index contributed by atoms with van der Waals surface area (Å²) < 4.78 is 19.2. The summed E-state index contributed by atoms with van der Waals surface area (Å²) in [6.07, 6.45) is 3.96. The number of rotatable bonds is 7. The molecule has 0 radical (unpaired) electrons. The lowest BCUT2D eigenvalue weighted by molar-refractivity contribution is 0.171. The van der Waals surface area contributed by atoms with Crippen molar-refractivity contribution in [2.24, 2.45) is 0 Å². The van der Waals surface area contributed by atoms with Crippen LogP contribution in [0.3, 0.4) is 0 Å². The quantitative estimate of drug-likeness (QED) is 0.416. The average Bonchev–Trinajstić information content (AvgIpc) is 3.32. The van der Waals surface area contributed by atoms with E-state index in [0.717, 1.165) is 46.4 Å². The number of anilines is 2. The van der Waals surface area contributed by atoms with E-state index >= 15 is 0 Å². The van der Waals surface area contributed by atoms with E-state index in [1.54, 1.807) is 0 Å². The highest BCUT2D eigenvalue weighted by Gasteiger charge is 2.15. The van der Waals surface area contributed by atoms with Crippen LogP contribution in [0.4, 0.5) is 11.6 Å². The molecule has 1 saturated heterocycles. The average molecular weight is 472 g/mol. The second-order valence-corrected chi connectivity index (χ2v) is 8.88. The number of pyridine rings is 1. The number of benzene rings is 2. The van der Waals surface area contributed by atoms with Gasteiger partial charge in [-0.25, -0.2) is 4.52 Å². The van der Waals surface area contributed by atoms with Gasteiger partial charge in [0.25, 0.3) is 0 Å². The monoisotopic (exact) mass is 471 g/mol. The number of hydrogen-bond acceptors (Lipinski definition) is 7. The first-order chi connectivity index (χ1) is 17.3. The van der Waals surface area contributed by atoms with Crippen molar-refractivity contribution >= 4 is 17.3 Å². The van der Waals surface area contributed by atoms with Gasteiger partial charge in [0.05, 0.1) is 5.69 Å². The van der Waals surface area contributed by atoms with Gasteiger partial charge in [0.1, 0.15) is 25.6 Å². The van der Waals surface area contributed by atoms with E-state index in [1.807, 2.05) is 65.2 Å². The smallest absolute Gasteiger partial charge is 0.247 e. The van der Waals surface area contributed by atoms with E-state index in [2.05, 4.69) is 15.2 Å². The van der Waals surface area contributed by atoms with Crippen molar-refractivity contribution in [2.45, 2.75) is 19.3 Å². The number of nitrogens with one attached hydrogen (secondary N) is 1. The van der Waals surface area contributed by atoms with Crippen LogP contribution in [0, 0.1) is 0 Å². The molecule has 35 heavy (non-hydrogen) atoms. The Morgan fingerprint density at radius 3 is 2.57 bits per heavy atom. The molecular weight excluding hydrogens is 442 g/mol. The molecule has 0 saturated carbocycles. The molecule has 180 valence electrons. The molecule has 8 heteroatoms. The molecule has 2 aliphatic heterocycles. The fraction of sp³-hybridized carbons (Fsp3) is 0.333. The molecule has 0 unspecified atom stereocenters. The molecule has 2 aliphatic rings. The number of ether oxygens (including phenoxy) is 3. The maximum absolute atomic E-state index is 5.94. The van der Waals surface area contributed by atoms with Gasteiger partial charge in [-0.15, -0.1) is 5.10 Å². The van der Waals surface area contributed by atoms with Crippen molar-refractivity contribution in [3.05, 3.63) is 60.7 Å². The zero-order valence-corrected chi connectivity index (χ0v) is 19.7. The Labute approximate surface area is 204 Å². The van der Waals surface area contributed by atoms with Gasteiger partial charge in [-0.3, -0.25) is 4.90 Å². The van der Waals surface area contributed by atoms with Gasteiger partial charge >= 0.3 is 0 Å². The highest BCUT2D eigenvalue weighted by molar-refractivity contribution is 5.68. The molecule has 4 aromatic rings. The Balaban J connectivity index is 1.14. The van der Waals surface area contributed by atoms with Gasteiger partial charge in [-0.05, 0) is 80.5 Å². The van der Waals surface area contributed by atoms with Crippen molar-refractivity contribution in [3.8, 4) is 28.5 Å². The fourth-order valence-corrected chi connectivity index (χ4v) is 4.62. The molecule has 4 heterocycles. The number of piperidine rings is 1. The summed E-state index contributed by atoms with van der Waals surface area (Å²) in [5, 5.41) is 8.01. The van der Waals surface area contributed by atoms with Gasteiger partial charge in [-0.2, -0.15) is 4.98 Å². The number of nitrogens with zero attached hydrogens (tertiary/aromatic N) is 4. The SMILES string of the molecule is c1cc(-c2ccc3c(c2)OCCO3)n2nc(Nc3ccc(OCCN4CCCCC4)cc3)nc2c1. The van der Waals surface area contributed by atoms with Crippen LogP contribution in [0.2, 0.25) is 0 Å². The molecule has 0 atom stereocenters. The van der Waals surface area contributed by atoms with Crippen LogP contribution in [0.5, 0.6) is 17.2 Å². The maximum Gasteiger partial charge on any atom is 0.247 e. The molecular formula is C27H29N5O3. The predicted molar refractivity (Wildman–Crippen MR) is 135 cm³/mol. The molecule has 0 aliphatic carbocycles. The molecule has 0 amide bonds. The minimum atomic E-state index is 0.536. The molecule has 6 rings (SSSR count). The molecule has 2 aromatic heterocycles. The predicted octanol–water partition coefficient (Wildman–Crippen LogP) is 4.78. The summed E-state index contributed by atoms with van der Waals surface area (Å²) in [5.41, 5.74) is 3.59. The number of likely N-dealkylation sites (tertiary alicyclic amines) is 1. The fourth-order valence-electron chi connectivity index (χ4n) is 4.62. The molecule has 1 fully saturated rings. The summed E-state index contributed by atoms with van der Waals surface area (Å²) in [5.74, 6) is 2.93. The Hall–Kier alpha value is -3.78. The van der Waals surface area contributed by atoms with Crippen LogP contribution in [-0.2, 0) is 0 Å². The lowest BCUT2D eigenvalue weighted by atomic mass is 10.1. The van der Waals surface area contributed by atoms with Crippen molar-refractivity contribution < 1.29 is 14.2 Å². The highest BCUT2D eigenvalue weighted by Crippen LogP contribution is 2.34. The van der Waals surface area contributed by atoms with Crippen LogP contribution in [0.15, 0.2) is 60.7 Å². The third-order valence-corrected chi connectivity index (χ3v) is 6.43. The van der Waals surface area contributed by atoms with Gasteiger partial charge in [0, 0.05) is 17.8 Å². The van der Waals surface area contributed by atoms with Crippen molar-refractivity contribution in [3.63, 3.8) is 0 Å². The van der Waals surface area contributed by atoms with Crippen LogP contribution in [0.25, 0.3) is 16.9 Å². The van der Waals surface area contributed by atoms with Crippen molar-refractivity contribution in [1.82, 2.24) is 19.5 Å². The van der Waals surface area contributed by atoms with E-state index in [0.29, 0.717) is 25.8 Å². The molecule has 2 aromatic carbocycles. The third kappa shape index (κ3) is 4.88. The molecule has 0 bridgehead atoms. The van der Waals surface area contributed by atoms with E-state index in [4.69, 9.17) is 19.3 Å². The number of hydrogen-bond donors (Lipinski definition) is 1. The van der Waals surface area contributed by atoms with Gasteiger partial charge in [0.2, 0.25) is 5.95 Å². The van der Waals surface area contributed by atoms with Gasteiger partial charge in [0.15, 0.2) is 17.1 Å². The Bertz CT molecular complexity index is 1300. The Morgan fingerprint density at radius 2 is 1.71 bits per heavy atom. The first-order valence-electron chi connectivity index (χ1n) is 12.3. The van der Waals surface area contributed by atoms with Crippen LogP contribution < -0.4 is 19.5 Å². The van der Waals surface area contributed by atoms with Gasteiger partial charge < -0.3 is 19.5 Å². The second-order valence-electron chi connectivity index (χ2n) is 8.88. The second kappa shape index (κ2) is 9.84. The summed E-state index contributed by atoms with van der Waals surface area (Å²) in [6.45, 7) is 5.20. The molecule has 0 spiro atoms. The largest absolute Gasteiger partial charge is 0.492 e. The number of aromatic nitrogens is 3. The van der Waals surface area contributed by atoms with E-state index < -0.39 is 0 Å². The topological polar surface area (TPSA) is 73.2 Å². The Kier molecular flexibility index (Phi) is 6.11. The zero-order valence-electron chi connectivity index (χ0n) is 19.7. The molecule has 1 N–H and O–H groups in total. The summed E-state index contributed by atoms with van der Waals surface area (Å²) in [7, 11) is 0. The summed E-state index contributed by atoms with van der Waals surface area (Å²) in [6, 6.07) is 19.8.